The normalized spacial score (nSPS) is 26.0. The van der Waals surface area contributed by atoms with Crippen LogP contribution >= 0.6 is 0 Å². The Kier molecular flexibility index (Phi) is 5.66. The molecule has 2 heterocycles. The van der Waals surface area contributed by atoms with Crippen LogP contribution in [0.1, 0.15) is 67.3 Å². The van der Waals surface area contributed by atoms with Crippen LogP contribution in [0.4, 0.5) is 4.79 Å². The molecule has 3 amide bonds. The number of methoxy groups -OCH3 is 1. The van der Waals surface area contributed by atoms with Crippen molar-refractivity contribution in [1.29, 1.82) is 0 Å². The number of Topliss-reactive ketones (excluding diaryl/α,β-unsaturated/α-hetero) is 1. The molecule has 7 heteroatoms. The first-order chi connectivity index (χ1) is 13.2. The zero-order valence-corrected chi connectivity index (χ0v) is 17.5. The van der Waals surface area contributed by atoms with Crippen LogP contribution in [0.5, 0.6) is 0 Å². The van der Waals surface area contributed by atoms with Crippen molar-refractivity contribution < 1.29 is 19.1 Å². The molecule has 3 atom stereocenters. The Labute approximate surface area is 166 Å². The van der Waals surface area contributed by atoms with Gasteiger partial charge in [-0.15, -0.1) is 0 Å². The number of ketones is 1. The maximum atomic E-state index is 13.1. The molecule has 1 saturated carbocycles. The lowest BCUT2D eigenvalue weighted by molar-refractivity contribution is -0.133. The minimum atomic E-state index is -0.834. The molecule has 0 unspecified atom stereocenters. The third-order valence-corrected chi connectivity index (χ3v) is 6.44. The summed E-state index contributed by atoms with van der Waals surface area (Å²) in [6.45, 7) is 8.20. The van der Waals surface area contributed by atoms with Crippen molar-refractivity contribution in [3.8, 4) is 0 Å². The smallest absolute Gasteiger partial charge is 0.325 e. The van der Waals surface area contributed by atoms with Crippen LogP contribution in [-0.4, -0.2) is 53.0 Å². The zero-order chi connectivity index (χ0) is 20.6. The van der Waals surface area contributed by atoms with Gasteiger partial charge in [0, 0.05) is 24.1 Å². The molecule has 7 nitrogen and oxygen atoms in total. The van der Waals surface area contributed by atoms with Gasteiger partial charge in [-0.1, -0.05) is 19.8 Å². The van der Waals surface area contributed by atoms with Gasteiger partial charge in [-0.25, -0.2) is 4.79 Å². The molecule has 1 saturated heterocycles. The number of hydrogen-bond donors (Lipinski definition) is 1. The summed E-state index contributed by atoms with van der Waals surface area (Å²) in [7, 11) is 1.65. The Balaban J connectivity index is 1.81. The first-order valence-corrected chi connectivity index (χ1v) is 10.1. The molecular formula is C21H31N3O4. The Morgan fingerprint density at radius 2 is 2.07 bits per heavy atom. The highest BCUT2D eigenvalue weighted by atomic mass is 16.5. The van der Waals surface area contributed by atoms with Crippen LogP contribution in [-0.2, 0) is 9.53 Å². The molecule has 28 heavy (non-hydrogen) atoms. The number of ether oxygens (including phenoxy) is 1. The number of rotatable bonds is 6. The average Bonchev–Trinajstić information content (AvgIpc) is 3.06. The van der Waals surface area contributed by atoms with E-state index >= 15 is 0 Å². The lowest BCUT2D eigenvalue weighted by Crippen LogP contribution is -2.54. The van der Waals surface area contributed by atoms with Crippen molar-refractivity contribution in [2.75, 3.05) is 20.3 Å². The van der Waals surface area contributed by atoms with Crippen LogP contribution in [0, 0.1) is 19.8 Å². The van der Waals surface area contributed by atoms with Crippen molar-refractivity contribution >= 4 is 17.7 Å². The topological polar surface area (TPSA) is 80.6 Å². The molecule has 0 aromatic carbocycles. The van der Waals surface area contributed by atoms with E-state index in [1.165, 1.54) is 0 Å². The fraction of sp³-hybridized carbons (Fsp3) is 0.667. The van der Waals surface area contributed by atoms with Gasteiger partial charge in [-0.05, 0) is 45.6 Å². The highest BCUT2D eigenvalue weighted by molar-refractivity contribution is 6.11. The number of imide groups is 1. The number of urea groups is 1. The minimum Gasteiger partial charge on any atom is -0.383 e. The summed E-state index contributed by atoms with van der Waals surface area (Å²) < 4.78 is 7.30. The van der Waals surface area contributed by atoms with E-state index in [0.717, 1.165) is 35.6 Å². The van der Waals surface area contributed by atoms with Crippen molar-refractivity contribution in [1.82, 2.24) is 14.8 Å². The zero-order valence-electron chi connectivity index (χ0n) is 17.5. The third kappa shape index (κ3) is 3.26. The maximum Gasteiger partial charge on any atom is 0.325 e. The molecule has 1 N–H and O–H groups in total. The van der Waals surface area contributed by atoms with E-state index in [9.17, 15) is 14.4 Å². The summed E-state index contributed by atoms with van der Waals surface area (Å²) >= 11 is 0. The summed E-state index contributed by atoms with van der Waals surface area (Å²) in [6.07, 6.45) is 3.53. The molecule has 1 aliphatic carbocycles. The van der Waals surface area contributed by atoms with Crippen molar-refractivity contribution in [2.24, 2.45) is 5.92 Å². The van der Waals surface area contributed by atoms with E-state index in [4.69, 9.17) is 4.74 Å². The Hall–Kier alpha value is -2.15. The number of aromatic nitrogens is 1. The molecule has 2 fully saturated rings. The van der Waals surface area contributed by atoms with Gasteiger partial charge >= 0.3 is 6.03 Å². The van der Waals surface area contributed by atoms with Crippen molar-refractivity contribution in [3.63, 3.8) is 0 Å². The highest BCUT2D eigenvalue weighted by Gasteiger charge is 2.55. The third-order valence-electron chi connectivity index (χ3n) is 6.44. The van der Waals surface area contributed by atoms with Crippen molar-refractivity contribution in [3.05, 3.63) is 23.0 Å². The monoisotopic (exact) mass is 389 g/mol. The quantitative estimate of drug-likeness (QED) is 0.599. The predicted octanol–water partition coefficient (Wildman–Crippen LogP) is 3.00. The van der Waals surface area contributed by atoms with Gasteiger partial charge in [0.05, 0.1) is 19.2 Å². The summed E-state index contributed by atoms with van der Waals surface area (Å²) in [5.41, 5.74) is 1.51. The standard InChI is InChI=1S/C21H31N3O4/c1-13-8-6-7-9-21(13)19(26)23(20(27)22-21)11-18(25)17-10-14(2)24(16(17)4)15(3)12-28-5/h10,13,15H,6-9,11-12H2,1-5H3,(H,22,27)/t13-,15+,21+/m1/s1. The van der Waals surface area contributed by atoms with Gasteiger partial charge in [0.1, 0.15) is 5.54 Å². The van der Waals surface area contributed by atoms with E-state index in [1.807, 2.05) is 33.8 Å². The summed E-state index contributed by atoms with van der Waals surface area (Å²) in [5.74, 6) is -0.384. The molecule has 0 radical (unpaired) electrons. The van der Waals surface area contributed by atoms with Crippen LogP contribution < -0.4 is 5.32 Å². The maximum absolute atomic E-state index is 13.1. The second kappa shape index (κ2) is 7.70. The van der Waals surface area contributed by atoms with Crippen molar-refractivity contribution in [2.45, 2.75) is 65.0 Å². The number of nitrogens with zero attached hydrogens (tertiary/aromatic N) is 2. The molecule has 1 spiro atoms. The Bertz CT molecular complexity index is 800. The fourth-order valence-corrected chi connectivity index (χ4v) is 4.92. The molecule has 1 aromatic heterocycles. The lowest BCUT2D eigenvalue weighted by Gasteiger charge is -2.36. The molecule has 1 aliphatic heterocycles. The molecule has 1 aromatic rings. The first-order valence-electron chi connectivity index (χ1n) is 10.1. The number of amides is 3. The van der Waals surface area contributed by atoms with E-state index in [0.29, 0.717) is 18.6 Å². The number of aryl methyl sites for hydroxylation is 1. The molecule has 154 valence electrons. The number of nitrogens with one attached hydrogen (secondary N) is 1. The molecule has 0 bridgehead atoms. The lowest BCUT2D eigenvalue weighted by atomic mass is 9.73. The largest absolute Gasteiger partial charge is 0.383 e. The van der Waals surface area contributed by atoms with E-state index in [-0.39, 0.29) is 30.2 Å². The minimum absolute atomic E-state index is 0.0813. The summed E-state index contributed by atoms with van der Waals surface area (Å²) in [6, 6.07) is 1.48. The van der Waals surface area contributed by atoms with E-state index in [2.05, 4.69) is 9.88 Å². The fourth-order valence-electron chi connectivity index (χ4n) is 4.92. The summed E-state index contributed by atoms with van der Waals surface area (Å²) in [4.78, 5) is 39.7. The number of carbonyl (C=O) groups excluding carboxylic acids is 3. The van der Waals surface area contributed by atoms with Gasteiger partial charge < -0.3 is 14.6 Å². The van der Waals surface area contributed by atoms with Crippen LogP contribution in [0.2, 0.25) is 0 Å². The van der Waals surface area contributed by atoms with Gasteiger partial charge in [0.15, 0.2) is 5.78 Å². The molecular weight excluding hydrogens is 358 g/mol. The second-order valence-electron chi connectivity index (χ2n) is 8.32. The molecule has 3 rings (SSSR count). The van der Waals surface area contributed by atoms with Crippen LogP contribution in [0.25, 0.3) is 0 Å². The summed E-state index contributed by atoms with van der Waals surface area (Å²) in [5, 5.41) is 2.91. The average molecular weight is 389 g/mol. The van der Waals surface area contributed by atoms with Gasteiger partial charge in [0.25, 0.3) is 5.91 Å². The first kappa shape index (κ1) is 20.6. The van der Waals surface area contributed by atoms with Crippen LogP contribution in [0.15, 0.2) is 6.07 Å². The SMILES string of the molecule is COC[C@H](C)n1c(C)cc(C(=O)CN2C(=O)N[C@]3(CCCC[C@H]3C)C2=O)c1C. The Morgan fingerprint density at radius 1 is 1.36 bits per heavy atom. The Morgan fingerprint density at radius 3 is 2.71 bits per heavy atom. The number of hydrogen-bond acceptors (Lipinski definition) is 4. The van der Waals surface area contributed by atoms with Gasteiger partial charge in [0.2, 0.25) is 0 Å². The van der Waals surface area contributed by atoms with Gasteiger partial charge in [-0.3, -0.25) is 14.5 Å². The van der Waals surface area contributed by atoms with Crippen LogP contribution in [0.3, 0.4) is 0 Å². The second-order valence-corrected chi connectivity index (χ2v) is 8.32. The number of carbonyl (C=O) groups is 3. The predicted molar refractivity (Wildman–Crippen MR) is 105 cm³/mol. The van der Waals surface area contributed by atoms with Gasteiger partial charge in [-0.2, -0.15) is 0 Å². The molecule has 2 aliphatic rings. The highest BCUT2D eigenvalue weighted by Crippen LogP contribution is 2.38. The van der Waals surface area contributed by atoms with E-state index in [1.54, 1.807) is 7.11 Å². The van der Waals surface area contributed by atoms with E-state index < -0.39 is 11.6 Å².